The number of aliphatic hydroxyl groups excluding tert-OH is 1. The predicted molar refractivity (Wildman–Crippen MR) is 107 cm³/mol. The highest BCUT2D eigenvalue weighted by atomic mass is 19.1. The highest BCUT2D eigenvalue weighted by molar-refractivity contribution is 5.76. The van der Waals surface area contributed by atoms with Crippen molar-refractivity contribution in [3.8, 4) is 0 Å². The van der Waals surface area contributed by atoms with Gasteiger partial charge in [0.25, 0.3) is 0 Å². The topological polar surface area (TPSA) is 87.9 Å². The molecule has 0 atom stereocenters. The van der Waals surface area contributed by atoms with Gasteiger partial charge in [0.2, 0.25) is 11.9 Å². The van der Waals surface area contributed by atoms with Crippen LogP contribution in [0.15, 0.2) is 18.3 Å². The average molecular weight is 420 g/mol. The number of hydrogen-bond acceptors (Lipinski definition) is 6. The van der Waals surface area contributed by atoms with Gasteiger partial charge in [-0.1, -0.05) is 0 Å². The lowest BCUT2D eigenvalue weighted by Crippen LogP contribution is -2.22. The Morgan fingerprint density at radius 3 is 2.37 bits per heavy atom. The van der Waals surface area contributed by atoms with E-state index >= 15 is 0 Å². The standard InChI is InChI=1S/C20H23F3N6O/c1-10(2)25-19-24-9-16-18(28-19)29(12-3-5-13(30)6-4-12)20(26-16)27-17-14(22)7-11(21)8-15(17)23/h7-10,12-13,30H,3-6H2,1-2H3,(H,26,27)(H,24,25,28)/t12-,13+. The number of benzene rings is 1. The second kappa shape index (κ2) is 8.10. The molecule has 0 radical (unpaired) electrons. The van der Waals surface area contributed by atoms with Gasteiger partial charge in [-0.05, 0) is 39.5 Å². The maximum Gasteiger partial charge on any atom is 0.224 e. The molecule has 2 aromatic heterocycles. The molecular formula is C20H23F3N6O. The Morgan fingerprint density at radius 1 is 1.07 bits per heavy atom. The predicted octanol–water partition coefficient (Wildman–Crippen LogP) is 4.28. The zero-order chi connectivity index (χ0) is 21.4. The molecule has 160 valence electrons. The first kappa shape index (κ1) is 20.4. The minimum absolute atomic E-state index is 0.0747. The molecule has 1 aromatic carbocycles. The van der Waals surface area contributed by atoms with E-state index in [1.54, 1.807) is 10.8 Å². The summed E-state index contributed by atoms with van der Waals surface area (Å²) in [7, 11) is 0. The van der Waals surface area contributed by atoms with Gasteiger partial charge in [-0.15, -0.1) is 0 Å². The van der Waals surface area contributed by atoms with Crippen LogP contribution in [0.3, 0.4) is 0 Å². The van der Waals surface area contributed by atoms with Crippen LogP contribution in [0.2, 0.25) is 0 Å². The van der Waals surface area contributed by atoms with Crippen molar-refractivity contribution in [2.45, 2.75) is 57.7 Å². The minimum atomic E-state index is -1.06. The normalized spacial score (nSPS) is 19.4. The molecule has 0 spiro atoms. The van der Waals surface area contributed by atoms with Crippen LogP contribution in [0.5, 0.6) is 0 Å². The maximum atomic E-state index is 14.2. The number of aliphatic hydroxyl groups is 1. The van der Waals surface area contributed by atoms with Crippen LogP contribution < -0.4 is 10.6 Å². The molecule has 10 heteroatoms. The van der Waals surface area contributed by atoms with Crippen LogP contribution in [0.25, 0.3) is 11.2 Å². The summed E-state index contributed by atoms with van der Waals surface area (Å²) < 4.78 is 43.5. The quantitative estimate of drug-likeness (QED) is 0.571. The second-order valence-corrected chi connectivity index (χ2v) is 7.84. The number of rotatable bonds is 5. The van der Waals surface area contributed by atoms with Crippen molar-refractivity contribution in [3.05, 3.63) is 35.8 Å². The molecule has 0 saturated heterocycles. The molecule has 3 aromatic rings. The van der Waals surface area contributed by atoms with Crippen molar-refractivity contribution >= 4 is 28.7 Å². The molecule has 3 N–H and O–H groups in total. The zero-order valence-electron chi connectivity index (χ0n) is 16.7. The molecule has 1 fully saturated rings. The fourth-order valence-electron chi connectivity index (χ4n) is 3.74. The lowest BCUT2D eigenvalue weighted by atomic mass is 9.93. The summed E-state index contributed by atoms with van der Waals surface area (Å²) in [6.07, 6.45) is 3.70. The molecule has 0 aliphatic heterocycles. The van der Waals surface area contributed by atoms with Gasteiger partial charge in [0.05, 0.1) is 12.3 Å². The number of hydrogen-bond donors (Lipinski definition) is 3. The number of fused-ring (bicyclic) bond motifs is 1. The summed E-state index contributed by atoms with van der Waals surface area (Å²) >= 11 is 0. The molecule has 0 unspecified atom stereocenters. The highest BCUT2D eigenvalue weighted by Crippen LogP contribution is 2.35. The first-order chi connectivity index (χ1) is 14.3. The molecule has 1 saturated carbocycles. The lowest BCUT2D eigenvalue weighted by molar-refractivity contribution is 0.112. The fraction of sp³-hybridized carbons (Fsp3) is 0.450. The van der Waals surface area contributed by atoms with E-state index < -0.39 is 23.1 Å². The minimum Gasteiger partial charge on any atom is -0.393 e. The fourth-order valence-corrected chi connectivity index (χ4v) is 3.74. The lowest BCUT2D eigenvalue weighted by Gasteiger charge is -2.28. The van der Waals surface area contributed by atoms with Gasteiger partial charge in [-0.25, -0.2) is 23.1 Å². The smallest absolute Gasteiger partial charge is 0.224 e. The monoisotopic (exact) mass is 420 g/mol. The summed E-state index contributed by atoms with van der Waals surface area (Å²) in [5, 5.41) is 15.7. The van der Waals surface area contributed by atoms with E-state index in [1.807, 2.05) is 13.8 Å². The van der Waals surface area contributed by atoms with Crippen LogP contribution in [-0.2, 0) is 0 Å². The van der Waals surface area contributed by atoms with E-state index in [0.29, 0.717) is 54.9 Å². The third kappa shape index (κ3) is 4.04. The van der Waals surface area contributed by atoms with Crippen molar-refractivity contribution in [2.24, 2.45) is 0 Å². The number of anilines is 3. The Balaban J connectivity index is 1.81. The van der Waals surface area contributed by atoms with Gasteiger partial charge < -0.3 is 15.7 Å². The maximum absolute atomic E-state index is 14.2. The molecule has 2 heterocycles. The van der Waals surface area contributed by atoms with E-state index in [1.165, 1.54) is 0 Å². The summed E-state index contributed by atoms with van der Waals surface area (Å²) in [6.45, 7) is 3.92. The number of nitrogens with one attached hydrogen (secondary N) is 2. The summed E-state index contributed by atoms with van der Waals surface area (Å²) in [4.78, 5) is 13.2. The second-order valence-electron chi connectivity index (χ2n) is 7.84. The Hall–Kier alpha value is -2.88. The number of nitrogens with zero attached hydrogens (tertiary/aromatic N) is 4. The van der Waals surface area contributed by atoms with Crippen molar-refractivity contribution < 1.29 is 18.3 Å². The molecule has 4 rings (SSSR count). The van der Waals surface area contributed by atoms with Crippen LogP contribution >= 0.6 is 0 Å². The van der Waals surface area contributed by atoms with Crippen LogP contribution in [0, 0.1) is 17.5 Å². The van der Waals surface area contributed by atoms with E-state index in [0.717, 1.165) is 0 Å². The Morgan fingerprint density at radius 2 is 1.73 bits per heavy atom. The first-order valence-corrected chi connectivity index (χ1v) is 9.93. The van der Waals surface area contributed by atoms with Gasteiger partial charge in [-0.3, -0.25) is 4.57 Å². The van der Waals surface area contributed by atoms with Gasteiger partial charge in [0.1, 0.15) is 17.0 Å². The Labute approximate surface area is 171 Å². The van der Waals surface area contributed by atoms with E-state index in [4.69, 9.17) is 0 Å². The highest BCUT2D eigenvalue weighted by Gasteiger charge is 2.27. The first-order valence-electron chi connectivity index (χ1n) is 9.93. The summed E-state index contributed by atoms with van der Waals surface area (Å²) in [5.74, 6) is -2.51. The van der Waals surface area contributed by atoms with E-state index in [-0.39, 0.29) is 24.1 Å². The van der Waals surface area contributed by atoms with E-state index in [2.05, 4.69) is 25.6 Å². The number of aromatic nitrogens is 4. The van der Waals surface area contributed by atoms with Crippen molar-refractivity contribution in [1.29, 1.82) is 0 Å². The SMILES string of the molecule is CC(C)Nc1ncc2nc(Nc3c(F)cc(F)cc3F)n([C@H]3CC[C@@H](O)CC3)c2n1. The average Bonchev–Trinajstić information content (AvgIpc) is 3.02. The summed E-state index contributed by atoms with van der Waals surface area (Å²) in [6, 6.07) is 1.26. The van der Waals surface area contributed by atoms with Crippen molar-refractivity contribution in [1.82, 2.24) is 19.5 Å². The Kier molecular flexibility index (Phi) is 5.50. The number of halogens is 3. The summed E-state index contributed by atoms with van der Waals surface area (Å²) in [5.41, 5.74) is 0.484. The van der Waals surface area contributed by atoms with Gasteiger partial charge in [0.15, 0.2) is 17.3 Å². The number of imidazole rings is 1. The van der Waals surface area contributed by atoms with E-state index in [9.17, 15) is 18.3 Å². The van der Waals surface area contributed by atoms with Crippen molar-refractivity contribution in [3.63, 3.8) is 0 Å². The molecule has 30 heavy (non-hydrogen) atoms. The van der Waals surface area contributed by atoms with Gasteiger partial charge in [-0.2, -0.15) is 4.98 Å². The molecule has 1 aliphatic carbocycles. The molecule has 7 nitrogen and oxygen atoms in total. The van der Waals surface area contributed by atoms with Crippen molar-refractivity contribution in [2.75, 3.05) is 10.6 Å². The van der Waals surface area contributed by atoms with Crippen LogP contribution in [0.4, 0.5) is 30.8 Å². The molecule has 0 bridgehead atoms. The Bertz CT molecular complexity index is 1040. The molecule has 1 aliphatic rings. The van der Waals surface area contributed by atoms with Gasteiger partial charge >= 0.3 is 0 Å². The van der Waals surface area contributed by atoms with Crippen LogP contribution in [0.1, 0.15) is 45.6 Å². The molecular weight excluding hydrogens is 397 g/mol. The van der Waals surface area contributed by atoms with Gasteiger partial charge in [0, 0.05) is 24.2 Å². The van der Waals surface area contributed by atoms with Crippen LogP contribution in [-0.4, -0.2) is 36.8 Å². The third-order valence-electron chi connectivity index (χ3n) is 5.13. The third-order valence-corrected chi connectivity index (χ3v) is 5.13. The molecule has 0 amide bonds. The zero-order valence-corrected chi connectivity index (χ0v) is 16.7. The largest absolute Gasteiger partial charge is 0.393 e.